The average Bonchev–Trinajstić information content (AvgIpc) is 2.18. The molecule has 0 unspecified atom stereocenters. The summed E-state index contributed by atoms with van der Waals surface area (Å²) in [5.74, 6) is 0.734. The fourth-order valence-electron chi connectivity index (χ4n) is 2.02. The first-order chi connectivity index (χ1) is 6.58. The van der Waals surface area contributed by atoms with E-state index in [0.29, 0.717) is 5.88 Å². The number of ketones is 1. The van der Waals surface area contributed by atoms with Gasteiger partial charge in [-0.05, 0) is 25.8 Å². The van der Waals surface area contributed by atoms with E-state index in [1.807, 2.05) is 6.92 Å². The predicted molar refractivity (Wildman–Crippen MR) is 60.7 cm³/mol. The number of allylic oxidation sites excluding steroid dienone is 2. The fourth-order valence-corrected chi connectivity index (χ4v) is 2.09. The Hall–Kier alpha value is -0.300. The minimum absolute atomic E-state index is 0.106. The maximum absolute atomic E-state index is 12.0. The molecule has 1 fully saturated rings. The van der Waals surface area contributed by atoms with E-state index in [4.69, 9.17) is 11.6 Å². The van der Waals surface area contributed by atoms with Gasteiger partial charge in [-0.2, -0.15) is 0 Å². The Morgan fingerprint density at radius 2 is 1.93 bits per heavy atom. The Morgan fingerprint density at radius 3 is 2.43 bits per heavy atom. The first kappa shape index (κ1) is 11.8. The molecule has 0 atom stereocenters. The van der Waals surface area contributed by atoms with E-state index in [1.54, 1.807) is 6.08 Å². The fraction of sp³-hybridized carbons (Fsp3) is 0.750. The van der Waals surface area contributed by atoms with Gasteiger partial charge >= 0.3 is 0 Å². The molecule has 0 aliphatic heterocycles. The number of hydrogen-bond donors (Lipinski definition) is 0. The maximum Gasteiger partial charge on any atom is 0.161 e. The number of rotatable bonds is 3. The lowest BCUT2D eigenvalue weighted by Crippen LogP contribution is -2.29. The molecule has 2 heteroatoms. The Labute approximate surface area is 91.5 Å². The van der Waals surface area contributed by atoms with Crippen LogP contribution < -0.4 is 0 Å². The highest BCUT2D eigenvalue weighted by atomic mass is 35.5. The van der Waals surface area contributed by atoms with Crippen LogP contribution in [0.15, 0.2) is 11.6 Å². The van der Waals surface area contributed by atoms with Gasteiger partial charge in [-0.3, -0.25) is 4.79 Å². The van der Waals surface area contributed by atoms with Crippen molar-refractivity contribution in [1.29, 1.82) is 0 Å². The van der Waals surface area contributed by atoms with Crippen LogP contribution in [0.1, 0.15) is 46.0 Å². The Bertz CT molecular complexity index is 237. The van der Waals surface area contributed by atoms with E-state index in [9.17, 15) is 4.79 Å². The van der Waals surface area contributed by atoms with E-state index < -0.39 is 0 Å². The zero-order chi connectivity index (χ0) is 10.6. The highest BCUT2D eigenvalue weighted by Gasteiger charge is 2.32. The van der Waals surface area contributed by atoms with E-state index in [0.717, 1.165) is 18.4 Å². The smallest absolute Gasteiger partial charge is 0.161 e. The molecule has 0 bridgehead atoms. The lowest BCUT2D eigenvalue weighted by Gasteiger charge is -2.31. The summed E-state index contributed by atoms with van der Waals surface area (Å²) in [6, 6.07) is 0. The van der Waals surface area contributed by atoms with Crippen LogP contribution in [0.5, 0.6) is 0 Å². The van der Waals surface area contributed by atoms with Gasteiger partial charge in [0.1, 0.15) is 0 Å². The topological polar surface area (TPSA) is 17.1 Å². The van der Waals surface area contributed by atoms with Crippen molar-refractivity contribution >= 4 is 17.4 Å². The summed E-state index contributed by atoms with van der Waals surface area (Å²) < 4.78 is 0. The molecule has 0 aromatic carbocycles. The first-order valence-electron chi connectivity index (χ1n) is 5.36. The second-order valence-corrected chi connectivity index (χ2v) is 4.88. The van der Waals surface area contributed by atoms with Gasteiger partial charge in [-0.15, -0.1) is 11.6 Å². The molecule has 14 heavy (non-hydrogen) atoms. The highest BCUT2D eigenvalue weighted by molar-refractivity contribution is 6.19. The minimum atomic E-state index is -0.106. The number of alkyl halides is 1. The van der Waals surface area contributed by atoms with Crippen LogP contribution in [-0.2, 0) is 4.79 Å². The third-order valence-electron chi connectivity index (χ3n) is 3.14. The normalized spacial score (nSPS) is 22.1. The van der Waals surface area contributed by atoms with Crippen LogP contribution in [0.2, 0.25) is 0 Å². The second-order valence-electron chi connectivity index (χ2n) is 4.61. The molecule has 0 saturated heterocycles. The molecule has 1 aliphatic rings. The minimum Gasteiger partial charge on any atom is -0.294 e. The van der Waals surface area contributed by atoms with Crippen molar-refractivity contribution in [3.63, 3.8) is 0 Å². The van der Waals surface area contributed by atoms with Gasteiger partial charge in [0.25, 0.3) is 0 Å². The molecule has 1 aliphatic carbocycles. The van der Waals surface area contributed by atoms with E-state index in [-0.39, 0.29) is 11.2 Å². The molecule has 0 radical (unpaired) electrons. The van der Waals surface area contributed by atoms with E-state index in [2.05, 4.69) is 6.92 Å². The second kappa shape index (κ2) is 4.97. The molecule has 1 nitrogen and oxygen atoms in total. The van der Waals surface area contributed by atoms with Gasteiger partial charge in [0.15, 0.2) is 5.78 Å². The van der Waals surface area contributed by atoms with Crippen molar-refractivity contribution < 1.29 is 4.79 Å². The van der Waals surface area contributed by atoms with Crippen LogP contribution >= 0.6 is 11.6 Å². The summed E-state index contributed by atoms with van der Waals surface area (Å²) in [5.41, 5.74) is 0.870. The van der Waals surface area contributed by atoms with Gasteiger partial charge in [-0.1, -0.05) is 31.8 Å². The van der Waals surface area contributed by atoms with Crippen molar-refractivity contribution in [2.45, 2.75) is 46.0 Å². The Kier molecular flexibility index (Phi) is 4.18. The molecule has 0 amide bonds. The van der Waals surface area contributed by atoms with Crippen LogP contribution in [0.3, 0.4) is 0 Å². The number of halogens is 1. The van der Waals surface area contributed by atoms with Crippen LogP contribution in [-0.4, -0.2) is 11.7 Å². The van der Waals surface area contributed by atoms with E-state index in [1.165, 1.54) is 19.3 Å². The molecule has 0 heterocycles. The third-order valence-corrected chi connectivity index (χ3v) is 3.56. The molecule has 1 saturated carbocycles. The van der Waals surface area contributed by atoms with Crippen LogP contribution in [0, 0.1) is 5.41 Å². The highest BCUT2D eigenvalue weighted by Crippen LogP contribution is 2.37. The molecular formula is C12H19ClO. The third kappa shape index (κ3) is 2.84. The SMILES string of the molecule is C/C(=C\C(=O)C1(C)CCCCC1)CCl. The summed E-state index contributed by atoms with van der Waals surface area (Å²) >= 11 is 5.66. The maximum atomic E-state index is 12.0. The number of carbonyl (C=O) groups is 1. The summed E-state index contributed by atoms with van der Waals surface area (Å²) in [5, 5.41) is 0. The molecule has 0 aromatic heterocycles. The largest absolute Gasteiger partial charge is 0.294 e. The lowest BCUT2D eigenvalue weighted by molar-refractivity contribution is -0.124. The number of hydrogen-bond acceptors (Lipinski definition) is 1. The van der Waals surface area contributed by atoms with Crippen molar-refractivity contribution in [3.05, 3.63) is 11.6 Å². The summed E-state index contributed by atoms with van der Waals surface area (Å²) in [4.78, 5) is 12.0. The van der Waals surface area contributed by atoms with Gasteiger partial charge in [0.05, 0.1) is 0 Å². The van der Waals surface area contributed by atoms with Gasteiger partial charge in [-0.25, -0.2) is 0 Å². The van der Waals surface area contributed by atoms with Crippen LogP contribution in [0.25, 0.3) is 0 Å². The van der Waals surface area contributed by atoms with Crippen LogP contribution in [0.4, 0.5) is 0 Å². The molecule has 80 valence electrons. The Morgan fingerprint density at radius 1 is 1.36 bits per heavy atom. The average molecular weight is 215 g/mol. The molecule has 1 rings (SSSR count). The van der Waals surface area contributed by atoms with Crippen molar-refractivity contribution in [3.8, 4) is 0 Å². The zero-order valence-corrected chi connectivity index (χ0v) is 9.86. The summed E-state index contributed by atoms with van der Waals surface area (Å²) in [6.45, 7) is 4.00. The predicted octanol–water partition coefficient (Wildman–Crippen LogP) is 3.71. The number of carbonyl (C=O) groups excluding carboxylic acids is 1. The Balaban J connectivity index is 2.66. The first-order valence-corrected chi connectivity index (χ1v) is 5.89. The molecular weight excluding hydrogens is 196 g/mol. The molecule has 0 aromatic rings. The monoisotopic (exact) mass is 214 g/mol. The van der Waals surface area contributed by atoms with E-state index >= 15 is 0 Å². The van der Waals surface area contributed by atoms with Crippen molar-refractivity contribution in [2.75, 3.05) is 5.88 Å². The van der Waals surface area contributed by atoms with Gasteiger partial charge < -0.3 is 0 Å². The van der Waals surface area contributed by atoms with Gasteiger partial charge in [0.2, 0.25) is 0 Å². The summed E-state index contributed by atoms with van der Waals surface area (Å²) in [6.07, 6.45) is 7.47. The zero-order valence-electron chi connectivity index (χ0n) is 9.11. The van der Waals surface area contributed by atoms with Crippen molar-refractivity contribution in [1.82, 2.24) is 0 Å². The molecule has 0 spiro atoms. The lowest BCUT2D eigenvalue weighted by atomic mass is 9.72. The van der Waals surface area contributed by atoms with Gasteiger partial charge in [0, 0.05) is 11.3 Å². The standard InChI is InChI=1S/C12H19ClO/c1-10(9-13)8-11(14)12(2)6-4-3-5-7-12/h8H,3-7,9H2,1-2H3/b10-8+. The molecule has 0 N–H and O–H groups in total. The van der Waals surface area contributed by atoms with Crippen molar-refractivity contribution in [2.24, 2.45) is 5.41 Å². The quantitative estimate of drug-likeness (QED) is 0.517. The summed E-state index contributed by atoms with van der Waals surface area (Å²) in [7, 11) is 0.